The summed E-state index contributed by atoms with van der Waals surface area (Å²) in [5, 5.41) is 4.93. The predicted octanol–water partition coefficient (Wildman–Crippen LogP) is 4.30. The molecule has 0 aromatic heterocycles. The number of hydrogen-bond acceptors (Lipinski definition) is 3. The number of para-hydroxylation sites is 1. The van der Waals surface area contributed by atoms with Crippen LogP contribution in [0, 0.1) is 5.82 Å². The molecular formula is C24H23FN2O3. The molecule has 5 nitrogen and oxygen atoms in total. The fraction of sp³-hybridized carbons (Fsp3) is 0.250. The maximum absolute atomic E-state index is 13.9. The van der Waals surface area contributed by atoms with Gasteiger partial charge in [-0.25, -0.2) is 9.18 Å². The lowest BCUT2D eigenvalue weighted by Crippen LogP contribution is -2.40. The van der Waals surface area contributed by atoms with Gasteiger partial charge in [0.1, 0.15) is 12.1 Å². The molecule has 1 heterocycles. The van der Waals surface area contributed by atoms with E-state index in [4.69, 9.17) is 4.74 Å². The van der Waals surface area contributed by atoms with Crippen molar-refractivity contribution in [3.8, 4) is 5.75 Å². The first-order valence-electron chi connectivity index (χ1n) is 10.1. The monoisotopic (exact) mass is 406 g/mol. The van der Waals surface area contributed by atoms with Crippen molar-refractivity contribution in [3.63, 3.8) is 0 Å². The van der Waals surface area contributed by atoms with Gasteiger partial charge in [0.05, 0.1) is 6.54 Å². The molecule has 0 spiro atoms. The van der Waals surface area contributed by atoms with E-state index in [-0.39, 0.29) is 18.2 Å². The van der Waals surface area contributed by atoms with Gasteiger partial charge in [-0.2, -0.15) is 0 Å². The Kier molecular flexibility index (Phi) is 5.65. The highest BCUT2D eigenvalue weighted by Crippen LogP contribution is 2.23. The van der Waals surface area contributed by atoms with Gasteiger partial charge in [-0.15, -0.1) is 0 Å². The molecule has 154 valence electrons. The number of nitrogens with zero attached hydrogens (tertiary/aromatic N) is 1. The van der Waals surface area contributed by atoms with Gasteiger partial charge in [0.2, 0.25) is 0 Å². The third-order valence-electron chi connectivity index (χ3n) is 5.38. The number of rotatable bonds is 7. The smallest absolute Gasteiger partial charge is 0.324 e. The van der Waals surface area contributed by atoms with E-state index in [9.17, 15) is 14.0 Å². The molecule has 1 fully saturated rings. The Labute approximate surface area is 174 Å². The summed E-state index contributed by atoms with van der Waals surface area (Å²) in [4.78, 5) is 26.6. The molecule has 1 aliphatic rings. The van der Waals surface area contributed by atoms with Crippen molar-refractivity contribution in [2.24, 2.45) is 0 Å². The van der Waals surface area contributed by atoms with E-state index >= 15 is 0 Å². The SMILES string of the molecule is CCC(CN1C(=O)NC(Cc2cccc3ccccc23)C1=O)Oc1ccccc1F. The first kappa shape index (κ1) is 19.9. The highest BCUT2D eigenvalue weighted by atomic mass is 19.1. The van der Waals surface area contributed by atoms with Gasteiger partial charge in [-0.1, -0.05) is 61.5 Å². The van der Waals surface area contributed by atoms with E-state index in [1.165, 1.54) is 17.0 Å². The van der Waals surface area contributed by atoms with Gasteiger partial charge in [-0.3, -0.25) is 9.69 Å². The molecule has 2 unspecified atom stereocenters. The zero-order valence-electron chi connectivity index (χ0n) is 16.7. The molecule has 2 atom stereocenters. The molecule has 0 radical (unpaired) electrons. The van der Waals surface area contributed by atoms with Crippen molar-refractivity contribution in [2.45, 2.75) is 31.9 Å². The molecule has 3 aromatic rings. The molecule has 6 heteroatoms. The topological polar surface area (TPSA) is 58.6 Å². The third-order valence-corrected chi connectivity index (χ3v) is 5.38. The first-order chi connectivity index (χ1) is 14.6. The second kappa shape index (κ2) is 8.53. The van der Waals surface area contributed by atoms with Crippen LogP contribution < -0.4 is 10.1 Å². The highest BCUT2D eigenvalue weighted by molar-refractivity contribution is 6.04. The standard InChI is InChI=1S/C24H23FN2O3/c1-2-18(30-22-13-6-5-12-20(22)25)15-27-23(28)21(26-24(27)29)14-17-10-7-9-16-8-3-4-11-19(16)17/h3-13,18,21H,2,14-15H2,1H3,(H,26,29). The van der Waals surface area contributed by atoms with Crippen LogP contribution in [0.1, 0.15) is 18.9 Å². The molecule has 1 aliphatic heterocycles. The van der Waals surface area contributed by atoms with Crippen LogP contribution in [0.2, 0.25) is 0 Å². The first-order valence-corrected chi connectivity index (χ1v) is 10.1. The Bertz CT molecular complexity index is 1080. The van der Waals surface area contributed by atoms with Crippen LogP contribution in [0.5, 0.6) is 5.75 Å². The summed E-state index contributed by atoms with van der Waals surface area (Å²) in [6.45, 7) is 1.94. The van der Waals surface area contributed by atoms with E-state index in [1.807, 2.05) is 49.4 Å². The maximum atomic E-state index is 13.9. The van der Waals surface area contributed by atoms with Crippen molar-refractivity contribution < 1.29 is 18.7 Å². The largest absolute Gasteiger partial charge is 0.486 e. The minimum Gasteiger partial charge on any atom is -0.486 e. The van der Waals surface area contributed by atoms with E-state index in [1.54, 1.807) is 12.1 Å². The van der Waals surface area contributed by atoms with Gasteiger partial charge in [0.25, 0.3) is 5.91 Å². The predicted molar refractivity (Wildman–Crippen MR) is 113 cm³/mol. The van der Waals surface area contributed by atoms with Gasteiger partial charge in [0.15, 0.2) is 11.6 Å². The Morgan fingerprint density at radius 2 is 1.77 bits per heavy atom. The molecule has 3 aromatic carbocycles. The average molecular weight is 406 g/mol. The van der Waals surface area contributed by atoms with E-state index < -0.39 is 24.0 Å². The number of imide groups is 1. The number of amides is 3. The van der Waals surface area contributed by atoms with Crippen LogP contribution >= 0.6 is 0 Å². The lowest BCUT2D eigenvalue weighted by molar-refractivity contribution is -0.128. The fourth-order valence-electron chi connectivity index (χ4n) is 3.75. The maximum Gasteiger partial charge on any atom is 0.324 e. The molecule has 0 bridgehead atoms. The van der Waals surface area contributed by atoms with E-state index in [0.29, 0.717) is 12.8 Å². The number of urea groups is 1. The molecule has 4 rings (SSSR count). The third kappa shape index (κ3) is 3.99. The van der Waals surface area contributed by atoms with Gasteiger partial charge < -0.3 is 10.1 Å². The number of carbonyl (C=O) groups excluding carboxylic acids is 2. The van der Waals surface area contributed by atoms with Gasteiger partial charge in [-0.05, 0) is 34.9 Å². The molecule has 30 heavy (non-hydrogen) atoms. The lowest BCUT2D eigenvalue weighted by atomic mass is 9.99. The fourth-order valence-corrected chi connectivity index (χ4v) is 3.75. The van der Waals surface area contributed by atoms with Crippen LogP contribution in [-0.2, 0) is 11.2 Å². The molecule has 1 N–H and O–H groups in total. The summed E-state index contributed by atoms with van der Waals surface area (Å²) < 4.78 is 19.6. The Morgan fingerprint density at radius 3 is 2.57 bits per heavy atom. The summed E-state index contributed by atoms with van der Waals surface area (Å²) in [6, 6.07) is 18.9. The number of hydrogen-bond donors (Lipinski definition) is 1. The molecule has 3 amide bonds. The zero-order chi connectivity index (χ0) is 21.1. The van der Waals surface area contributed by atoms with Crippen LogP contribution in [0.4, 0.5) is 9.18 Å². The number of fused-ring (bicyclic) bond motifs is 1. The molecular weight excluding hydrogens is 383 g/mol. The quantitative estimate of drug-likeness (QED) is 0.595. The molecule has 1 saturated heterocycles. The molecule has 0 aliphatic carbocycles. The average Bonchev–Trinajstić information content (AvgIpc) is 3.02. The summed E-state index contributed by atoms with van der Waals surface area (Å²) >= 11 is 0. The van der Waals surface area contributed by atoms with Crippen molar-refractivity contribution in [2.75, 3.05) is 6.54 Å². The number of halogens is 1. The number of benzene rings is 3. The van der Waals surface area contributed by atoms with Crippen molar-refractivity contribution in [1.29, 1.82) is 0 Å². The summed E-state index contributed by atoms with van der Waals surface area (Å²) in [5.74, 6) is -0.644. The number of carbonyl (C=O) groups is 2. The van der Waals surface area contributed by atoms with Gasteiger partial charge >= 0.3 is 6.03 Å². The molecule has 0 saturated carbocycles. The summed E-state index contributed by atoms with van der Waals surface area (Å²) in [6.07, 6.45) is 0.445. The lowest BCUT2D eigenvalue weighted by Gasteiger charge is -2.22. The van der Waals surface area contributed by atoms with E-state index in [2.05, 4.69) is 5.32 Å². The Balaban J connectivity index is 1.47. The Hall–Kier alpha value is -3.41. The number of ether oxygens (including phenoxy) is 1. The Morgan fingerprint density at radius 1 is 1.03 bits per heavy atom. The highest BCUT2D eigenvalue weighted by Gasteiger charge is 2.39. The normalized spacial score (nSPS) is 17.3. The zero-order valence-corrected chi connectivity index (χ0v) is 16.7. The minimum atomic E-state index is -0.630. The van der Waals surface area contributed by atoms with Crippen molar-refractivity contribution >= 4 is 22.7 Å². The van der Waals surface area contributed by atoms with E-state index in [0.717, 1.165) is 16.3 Å². The van der Waals surface area contributed by atoms with Crippen molar-refractivity contribution in [3.05, 3.63) is 78.1 Å². The van der Waals surface area contributed by atoms with Crippen LogP contribution in [-0.4, -0.2) is 35.5 Å². The van der Waals surface area contributed by atoms with Crippen LogP contribution in [0.15, 0.2) is 66.7 Å². The second-order valence-electron chi connectivity index (χ2n) is 7.37. The van der Waals surface area contributed by atoms with Crippen molar-refractivity contribution in [1.82, 2.24) is 10.2 Å². The minimum absolute atomic E-state index is 0.0710. The van der Waals surface area contributed by atoms with Crippen LogP contribution in [0.25, 0.3) is 10.8 Å². The summed E-state index contributed by atoms with van der Waals surface area (Å²) in [7, 11) is 0. The summed E-state index contributed by atoms with van der Waals surface area (Å²) in [5.41, 5.74) is 1.00. The van der Waals surface area contributed by atoms with Gasteiger partial charge in [0, 0.05) is 6.42 Å². The van der Waals surface area contributed by atoms with Crippen LogP contribution in [0.3, 0.4) is 0 Å². The second-order valence-corrected chi connectivity index (χ2v) is 7.37. The number of nitrogens with one attached hydrogen (secondary N) is 1.